The fourth-order valence-electron chi connectivity index (χ4n) is 1.06. The van der Waals surface area contributed by atoms with Gasteiger partial charge in [0.05, 0.1) is 0 Å². The number of hydrogen-bond donors (Lipinski definition) is 0. The van der Waals surface area contributed by atoms with Crippen LogP contribution in [0.5, 0.6) is 0 Å². The van der Waals surface area contributed by atoms with E-state index in [0.29, 0.717) is 0 Å². The maximum absolute atomic E-state index is 10.9. The Bertz CT molecular complexity index is 302. The van der Waals surface area contributed by atoms with Crippen LogP contribution < -0.4 is 0 Å². The van der Waals surface area contributed by atoms with Gasteiger partial charge in [-0.2, -0.15) is 0 Å². The van der Waals surface area contributed by atoms with Gasteiger partial charge in [0.15, 0.2) is 0 Å². The Kier molecular flexibility index (Phi) is 2.36. The molecule has 2 heterocycles. The van der Waals surface area contributed by atoms with Crippen molar-refractivity contribution < 1.29 is 29.9 Å². The number of carbonyl (C=O) groups is 4. The molecule has 0 atom stereocenters. The summed E-state index contributed by atoms with van der Waals surface area (Å²) in [6.07, 6.45) is -1.15. The first-order chi connectivity index (χ1) is 6.99. The number of carbonyl (C=O) groups excluding carboxylic acids is 4. The molecule has 0 bridgehead atoms. The molecule has 2 fully saturated rings. The molecule has 8 nitrogen and oxygen atoms in total. The molecule has 0 aromatic carbocycles. The van der Waals surface area contributed by atoms with Crippen molar-refractivity contribution in [3.05, 3.63) is 0 Å². The van der Waals surface area contributed by atoms with Crippen molar-refractivity contribution in [2.24, 2.45) is 0 Å². The van der Waals surface area contributed by atoms with Crippen molar-refractivity contribution in [2.45, 2.75) is 12.8 Å². The second-order valence-electron chi connectivity index (χ2n) is 2.75. The molecular weight excluding hydrogens is 407 g/mol. The molecule has 0 unspecified atom stereocenters. The van der Waals surface area contributed by atoms with Crippen molar-refractivity contribution in [2.75, 3.05) is 0 Å². The molecule has 2 rings (SSSR count). The van der Waals surface area contributed by atoms with Gasteiger partial charge in [-0.1, -0.05) is 0 Å². The van der Waals surface area contributed by atoms with Crippen LogP contribution in [0.3, 0.4) is 0 Å². The summed E-state index contributed by atoms with van der Waals surface area (Å²) in [6.45, 7) is 0. The molecule has 0 aromatic rings. The molecule has 9 heteroatoms. The van der Waals surface area contributed by atoms with Gasteiger partial charge in [0.25, 0.3) is 0 Å². The van der Waals surface area contributed by atoms with Crippen LogP contribution in [0.2, 0.25) is 0 Å². The van der Waals surface area contributed by atoms with Crippen LogP contribution in [0.25, 0.3) is 0 Å². The van der Waals surface area contributed by atoms with Gasteiger partial charge in [-0.3, -0.25) is 0 Å². The second-order valence-corrected chi connectivity index (χ2v) is 9.81. The van der Waals surface area contributed by atoms with Crippen LogP contribution in [0.4, 0.5) is 0 Å². The Balaban J connectivity index is 2.24. The zero-order valence-corrected chi connectivity index (χ0v) is 11.1. The zero-order chi connectivity index (χ0) is 11.1. The first-order valence-electron chi connectivity index (χ1n) is 3.86. The Morgan fingerprint density at radius 2 is 0.933 bits per heavy atom. The predicted octanol–water partition coefficient (Wildman–Crippen LogP) is -1.60. The Morgan fingerprint density at radius 3 is 1.20 bits per heavy atom. The standard InChI is InChI=1S/2C3H4O4.Pb/c2*4-2(5)1-3(6)7;/h2*1H2,(H,4,5)(H,6,7);/q;;+4/p-4. The molecule has 15 heavy (non-hydrogen) atoms. The summed E-state index contributed by atoms with van der Waals surface area (Å²) in [4.78, 5) is 43.6. The molecule has 2 aliphatic rings. The van der Waals surface area contributed by atoms with E-state index >= 15 is 0 Å². The van der Waals surface area contributed by atoms with E-state index in [2.05, 4.69) is 10.7 Å². The Hall–Kier alpha value is -1.20. The van der Waals surface area contributed by atoms with Gasteiger partial charge in [-0.15, -0.1) is 0 Å². The van der Waals surface area contributed by atoms with Crippen LogP contribution >= 0.6 is 0 Å². The van der Waals surface area contributed by atoms with E-state index in [1.807, 2.05) is 0 Å². The minimum atomic E-state index is -5.16. The third-order valence-corrected chi connectivity index (χ3v) is 8.96. The Labute approximate surface area is 89.7 Å². The van der Waals surface area contributed by atoms with E-state index in [1.54, 1.807) is 0 Å². The van der Waals surface area contributed by atoms with Gasteiger partial charge in [0, 0.05) is 0 Å². The molecule has 2 aliphatic heterocycles. The number of rotatable bonds is 0. The summed E-state index contributed by atoms with van der Waals surface area (Å²) >= 11 is -5.16. The predicted molar refractivity (Wildman–Crippen MR) is 39.4 cm³/mol. The monoisotopic (exact) mass is 412 g/mol. The van der Waals surface area contributed by atoms with Crippen LogP contribution in [-0.4, -0.2) is 46.9 Å². The van der Waals surface area contributed by atoms with E-state index in [4.69, 9.17) is 0 Å². The van der Waals surface area contributed by atoms with E-state index in [1.165, 1.54) is 0 Å². The van der Waals surface area contributed by atoms with Crippen LogP contribution in [0, 0.1) is 0 Å². The van der Waals surface area contributed by atoms with Crippen LogP contribution in [0.1, 0.15) is 12.8 Å². The average Bonchev–Trinajstić information content (AvgIpc) is 1.96. The summed E-state index contributed by atoms with van der Waals surface area (Å²) in [5.74, 6) is -3.63. The normalized spacial score (nSPS) is 24.0. The second kappa shape index (κ2) is 3.43. The van der Waals surface area contributed by atoms with Crippen molar-refractivity contribution in [3.63, 3.8) is 0 Å². The van der Waals surface area contributed by atoms with Gasteiger partial charge in [-0.05, 0) is 0 Å². The van der Waals surface area contributed by atoms with Gasteiger partial charge in [0.1, 0.15) is 0 Å². The first-order valence-corrected chi connectivity index (χ1v) is 10.2. The molecule has 0 radical (unpaired) electrons. The maximum atomic E-state index is 10.9. The van der Waals surface area contributed by atoms with Crippen LogP contribution in [-0.2, 0) is 29.9 Å². The summed E-state index contributed by atoms with van der Waals surface area (Å²) in [5.41, 5.74) is 0. The van der Waals surface area contributed by atoms with Crippen molar-refractivity contribution >= 4 is 46.9 Å². The van der Waals surface area contributed by atoms with E-state index < -0.39 is 59.7 Å². The van der Waals surface area contributed by atoms with Crippen LogP contribution in [0.15, 0.2) is 0 Å². The molecular formula is C6H4O8Pb. The minimum absolute atomic E-state index is 0.573. The SMILES string of the molecule is O=C1CC(=O)[O][Pb]2([O]1)[O]C(=O)CC(=O)[O]2. The van der Waals surface area contributed by atoms with E-state index in [9.17, 15) is 19.2 Å². The quantitative estimate of drug-likeness (QED) is 0.347. The summed E-state index contributed by atoms with van der Waals surface area (Å²) in [5, 5.41) is 0. The number of hydrogen-bond acceptors (Lipinski definition) is 8. The van der Waals surface area contributed by atoms with Crippen molar-refractivity contribution in [1.82, 2.24) is 0 Å². The van der Waals surface area contributed by atoms with E-state index in [0.717, 1.165) is 0 Å². The van der Waals surface area contributed by atoms with Crippen molar-refractivity contribution in [1.29, 1.82) is 0 Å². The van der Waals surface area contributed by atoms with Gasteiger partial charge in [0.2, 0.25) is 0 Å². The Morgan fingerprint density at radius 1 is 0.667 bits per heavy atom. The zero-order valence-electron chi connectivity index (χ0n) is 7.18. The molecule has 0 amide bonds. The average molecular weight is 411 g/mol. The fraction of sp³-hybridized carbons (Fsp3) is 0.333. The van der Waals surface area contributed by atoms with Gasteiger partial charge >= 0.3 is 89.6 Å². The molecule has 2 saturated heterocycles. The third-order valence-electron chi connectivity index (χ3n) is 1.53. The van der Waals surface area contributed by atoms with Gasteiger partial charge in [-0.25, -0.2) is 0 Å². The molecule has 0 aliphatic carbocycles. The van der Waals surface area contributed by atoms with E-state index in [-0.39, 0.29) is 0 Å². The fourth-order valence-corrected chi connectivity index (χ4v) is 7.49. The third kappa shape index (κ3) is 2.08. The molecule has 1 spiro atoms. The van der Waals surface area contributed by atoms with Gasteiger partial charge < -0.3 is 0 Å². The molecule has 80 valence electrons. The molecule has 0 saturated carbocycles. The summed E-state index contributed by atoms with van der Waals surface area (Å²) in [7, 11) is 0. The molecule has 0 N–H and O–H groups in total. The summed E-state index contributed by atoms with van der Waals surface area (Å²) in [6, 6.07) is 0. The van der Waals surface area contributed by atoms with Crippen molar-refractivity contribution in [3.8, 4) is 0 Å². The topological polar surface area (TPSA) is 105 Å². The first kappa shape index (κ1) is 10.3. The molecule has 0 aromatic heterocycles. The summed E-state index contributed by atoms with van der Waals surface area (Å²) < 4.78 is 18.3.